The second-order valence-corrected chi connectivity index (χ2v) is 3.38. The van der Waals surface area contributed by atoms with Crippen LogP contribution in [0.25, 0.3) is 0 Å². The molecule has 0 fully saturated rings. The molecular weight excluding hydrogens is 252 g/mol. The van der Waals surface area contributed by atoms with Gasteiger partial charge in [0.1, 0.15) is 5.75 Å². The lowest BCUT2D eigenvalue weighted by Gasteiger charge is -2.03. The molecule has 102 valence electrons. The summed E-state index contributed by atoms with van der Waals surface area (Å²) < 4.78 is 9.56. The molecule has 1 N–H and O–H groups in total. The van der Waals surface area contributed by atoms with Crippen LogP contribution >= 0.6 is 0 Å². The first-order valence-corrected chi connectivity index (χ1v) is 5.50. The van der Waals surface area contributed by atoms with E-state index in [2.05, 4.69) is 10.1 Å². The zero-order valence-corrected chi connectivity index (χ0v) is 10.6. The van der Waals surface area contributed by atoms with E-state index in [9.17, 15) is 14.9 Å². The first kappa shape index (κ1) is 14.5. The van der Waals surface area contributed by atoms with Gasteiger partial charge in [0, 0.05) is 5.69 Å². The van der Waals surface area contributed by atoms with Gasteiger partial charge in [-0.1, -0.05) is 0 Å². The van der Waals surface area contributed by atoms with Crippen molar-refractivity contribution in [1.29, 1.82) is 0 Å². The molecule has 0 bridgehead atoms. The van der Waals surface area contributed by atoms with Crippen molar-refractivity contribution in [3.05, 3.63) is 46.3 Å². The molecular formula is C12H14N2O5. The van der Waals surface area contributed by atoms with E-state index in [1.807, 2.05) is 0 Å². The van der Waals surface area contributed by atoms with Crippen LogP contribution in [0.4, 0.5) is 5.69 Å². The molecule has 0 aliphatic heterocycles. The van der Waals surface area contributed by atoms with Gasteiger partial charge in [-0.05, 0) is 31.2 Å². The third-order valence-corrected chi connectivity index (χ3v) is 2.15. The molecule has 0 unspecified atom stereocenters. The molecule has 0 spiro atoms. The number of nitro groups is 1. The number of nitrogens with zero attached hydrogens (tertiary/aromatic N) is 1. The van der Waals surface area contributed by atoms with Gasteiger partial charge in [-0.25, -0.2) is 4.79 Å². The van der Waals surface area contributed by atoms with Gasteiger partial charge in [-0.2, -0.15) is 0 Å². The Morgan fingerprint density at radius 3 is 2.53 bits per heavy atom. The Morgan fingerprint density at radius 1 is 1.42 bits per heavy atom. The molecule has 19 heavy (non-hydrogen) atoms. The number of methoxy groups -OCH3 is 1. The first-order chi connectivity index (χ1) is 9.08. The lowest BCUT2D eigenvalue weighted by molar-refractivity contribution is -0.421. The van der Waals surface area contributed by atoms with E-state index >= 15 is 0 Å². The van der Waals surface area contributed by atoms with E-state index in [1.54, 1.807) is 31.2 Å². The minimum Gasteiger partial charge on any atom is -0.497 e. The SMILES string of the molecule is CCOC(=O)/C(=C/Nc1ccc(OC)cc1)[N+](=O)[O-]. The van der Waals surface area contributed by atoms with Crippen LogP contribution in [0, 0.1) is 10.1 Å². The topological polar surface area (TPSA) is 90.7 Å². The average molecular weight is 266 g/mol. The smallest absolute Gasteiger partial charge is 0.411 e. The van der Waals surface area contributed by atoms with Crippen LogP contribution in [-0.4, -0.2) is 24.6 Å². The highest BCUT2D eigenvalue weighted by molar-refractivity contribution is 5.86. The zero-order chi connectivity index (χ0) is 14.3. The molecule has 0 radical (unpaired) electrons. The quantitative estimate of drug-likeness (QED) is 0.365. The number of anilines is 1. The monoisotopic (exact) mass is 266 g/mol. The molecule has 0 aliphatic rings. The van der Waals surface area contributed by atoms with Gasteiger partial charge in [0.2, 0.25) is 0 Å². The number of hydrogen-bond donors (Lipinski definition) is 1. The molecule has 0 aromatic heterocycles. The summed E-state index contributed by atoms with van der Waals surface area (Å²) in [6.45, 7) is 1.65. The van der Waals surface area contributed by atoms with Crippen molar-refractivity contribution in [2.45, 2.75) is 6.92 Å². The van der Waals surface area contributed by atoms with Crippen molar-refractivity contribution in [3.63, 3.8) is 0 Å². The number of carbonyl (C=O) groups excluding carboxylic acids is 1. The van der Waals surface area contributed by atoms with Crippen LogP contribution < -0.4 is 10.1 Å². The molecule has 0 atom stereocenters. The van der Waals surface area contributed by atoms with Crippen molar-refractivity contribution in [3.8, 4) is 5.75 Å². The Bertz CT molecular complexity index is 481. The molecule has 7 heteroatoms. The van der Waals surface area contributed by atoms with Gasteiger partial charge in [-0.15, -0.1) is 0 Å². The lowest BCUT2D eigenvalue weighted by Crippen LogP contribution is -2.16. The van der Waals surface area contributed by atoms with Gasteiger partial charge in [-0.3, -0.25) is 10.1 Å². The average Bonchev–Trinajstić information content (AvgIpc) is 2.39. The van der Waals surface area contributed by atoms with Crippen molar-refractivity contribution < 1.29 is 19.2 Å². The van der Waals surface area contributed by atoms with Crippen LogP contribution in [0.1, 0.15) is 6.92 Å². The lowest BCUT2D eigenvalue weighted by atomic mass is 10.3. The number of hydrogen-bond acceptors (Lipinski definition) is 6. The summed E-state index contributed by atoms with van der Waals surface area (Å²) >= 11 is 0. The Morgan fingerprint density at radius 2 is 2.05 bits per heavy atom. The highest BCUT2D eigenvalue weighted by Gasteiger charge is 2.23. The van der Waals surface area contributed by atoms with E-state index in [-0.39, 0.29) is 6.61 Å². The predicted octanol–water partition coefficient (Wildman–Crippen LogP) is 1.79. The normalized spacial score (nSPS) is 10.7. The number of nitrogens with one attached hydrogen (secondary N) is 1. The molecule has 0 amide bonds. The second kappa shape index (κ2) is 7.00. The summed E-state index contributed by atoms with van der Waals surface area (Å²) in [5.41, 5.74) is -0.0675. The van der Waals surface area contributed by atoms with Crippen LogP contribution in [0.3, 0.4) is 0 Å². The molecule has 1 rings (SSSR count). The third-order valence-electron chi connectivity index (χ3n) is 2.15. The Balaban J connectivity index is 2.79. The maximum absolute atomic E-state index is 11.3. The summed E-state index contributed by atoms with van der Waals surface area (Å²) in [4.78, 5) is 21.2. The number of esters is 1. The molecule has 0 heterocycles. The fraction of sp³-hybridized carbons (Fsp3) is 0.250. The molecule has 0 saturated heterocycles. The minimum atomic E-state index is -0.978. The summed E-state index contributed by atoms with van der Waals surface area (Å²) in [7, 11) is 1.54. The van der Waals surface area contributed by atoms with E-state index in [0.29, 0.717) is 11.4 Å². The summed E-state index contributed by atoms with van der Waals surface area (Å²) in [6, 6.07) is 6.70. The second-order valence-electron chi connectivity index (χ2n) is 3.38. The van der Waals surface area contributed by atoms with Gasteiger partial charge >= 0.3 is 11.7 Å². The Hall–Kier alpha value is -2.57. The van der Waals surface area contributed by atoms with Gasteiger partial charge < -0.3 is 14.8 Å². The highest BCUT2D eigenvalue weighted by Crippen LogP contribution is 2.15. The van der Waals surface area contributed by atoms with Gasteiger partial charge in [0.15, 0.2) is 0 Å². The van der Waals surface area contributed by atoms with Crippen LogP contribution in [-0.2, 0) is 9.53 Å². The molecule has 7 nitrogen and oxygen atoms in total. The molecule has 1 aromatic rings. The standard InChI is InChI=1S/C12H14N2O5/c1-3-19-12(15)11(14(16)17)8-13-9-4-6-10(18-2)7-5-9/h4-8,13H,3H2,1-2H3/b11-8-. The van der Waals surface area contributed by atoms with Crippen molar-refractivity contribution >= 4 is 11.7 Å². The van der Waals surface area contributed by atoms with Crippen LogP contribution in [0.2, 0.25) is 0 Å². The Labute approximate surface area is 110 Å². The van der Waals surface area contributed by atoms with Crippen LogP contribution in [0.5, 0.6) is 5.75 Å². The maximum atomic E-state index is 11.3. The fourth-order valence-electron chi connectivity index (χ4n) is 1.23. The number of carbonyl (C=O) groups is 1. The van der Waals surface area contributed by atoms with Gasteiger partial charge in [0.25, 0.3) is 0 Å². The summed E-state index contributed by atoms with van der Waals surface area (Å²) in [6.07, 6.45) is 1.000. The summed E-state index contributed by atoms with van der Waals surface area (Å²) in [5, 5.41) is 13.4. The largest absolute Gasteiger partial charge is 0.497 e. The number of ether oxygens (including phenoxy) is 2. The molecule has 0 saturated carbocycles. The van der Waals surface area contributed by atoms with Crippen molar-refractivity contribution in [1.82, 2.24) is 0 Å². The van der Waals surface area contributed by atoms with Gasteiger partial charge in [0.05, 0.1) is 24.8 Å². The highest BCUT2D eigenvalue weighted by atomic mass is 16.6. The molecule has 1 aromatic carbocycles. The first-order valence-electron chi connectivity index (χ1n) is 5.50. The summed E-state index contributed by atoms with van der Waals surface area (Å²) in [5.74, 6) is -0.317. The molecule has 0 aliphatic carbocycles. The van der Waals surface area contributed by atoms with Crippen molar-refractivity contribution in [2.24, 2.45) is 0 Å². The fourth-order valence-corrected chi connectivity index (χ4v) is 1.23. The maximum Gasteiger partial charge on any atom is 0.411 e. The minimum absolute atomic E-state index is 0.0759. The predicted molar refractivity (Wildman–Crippen MR) is 68.3 cm³/mol. The zero-order valence-electron chi connectivity index (χ0n) is 10.6. The van der Waals surface area contributed by atoms with Crippen LogP contribution in [0.15, 0.2) is 36.2 Å². The Kier molecular flexibility index (Phi) is 5.34. The third kappa shape index (κ3) is 4.30. The van der Waals surface area contributed by atoms with E-state index < -0.39 is 16.6 Å². The number of rotatable bonds is 6. The van der Waals surface area contributed by atoms with E-state index in [0.717, 1.165) is 6.20 Å². The van der Waals surface area contributed by atoms with Crippen molar-refractivity contribution in [2.75, 3.05) is 19.0 Å². The number of benzene rings is 1. The van der Waals surface area contributed by atoms with E-state index in [1.165, 1.54) is 7.11 Å². The van der Waals surface area contributed by atoms with E-state index in [4.69, 9.17) is 4.74 Å².